The normalized spacial score (nSPS) is 15.4. The maximum Gasteiger partial charge on any atom is 0.113 e. The van der Waals surface area contributed by atoms with Crippen molar-refractivity contribution in [1.29, 1.82) is 0 Å². The van der Waals surface area contributed by atoms with Crippen LogP contribution in [0.4, 0.5) is 34.1 Å². The zero-order chi connectivity index (χ0) is 41.8. The van der Waals surface area contributed by atoms with Crippen LogP contribution in [0.15, 0.2) is 176 Å². The molecule has 1 heterocycles. The summed E-state index contributed by atoms with van der Waals surface area (Å²) in [5.74, 6) is 0.680. The topological polar surface area (TPSA) is 6.48 Å². The Kier molecular flexibility index (Phi) is 11.9. The third-order valence-corrected chi connectivity index (χ3v) is 17.8. The van der Waals surface area contributed by atoms with E-state index in [1.807, 2.05) is 0 Å². The highest BCUT2D eigenvalue weighted by Crippen LogP contribution is 2.47. The van der Waals surface area contributed by atoms with Gasteiger partial charge in [-0.25, -0.2) is 0 Å². The van der Waals surface area contributed by atoms with Crippen molar-refractivity contribution < 1.29 is 0 Å². The molecule has 1 fully saturated rings. The SMILES string of the molecule is CCCCCC(CC)(c1ccc(N(c2ccccc2)c2ccccc2)cc1)c1ccc(N(c2ccc(C3CCCCC3)cc2)c2cccc3c2-c2ccccc2[Si]3(C)C)cc1. The minimum Gasteiger partial charge on any atom is -0.311 e. The quantitative estimate of drug-likeness (QED) is 0.0797. The van der Waals surface area contributed by atoms with Gasteiger partial charge in [0, 0.05) is 39.4 Å². The van der Waals surface area contributed by atoms with E-state index >= 15 is 0 Å². The van der Waals surface area contributed by atoms with Gasteiger partial charge >= 0.3 is 0 Å². The van der Waals surface area contributed by atoms with Crippen LogP contribution < -0.4 is 20.2 Å². The molecular weight excluding hydrogens is 753 g/mol. The van der Waals surface area contributed by atoms with E-state index in [4.69, 9.17) is 0 Å². The summed E-state index contributed by atoms with van der Waals surface area (Å²) in [6.07, 6.45) is 12.5. The van der Waals surface area contributed by atoms with Gasteiger partial charge in [0.15, 0.2) is 0 Å². The molecule has 1 atom stereocenters. The van der Waals surface area contributed by atoms with Gasteiger partial charge < -0.3 is 9.80 Å². The van der Waals surface area contributed by atoms with Crippen LogP contribution in [0, 0.1) is 0 Å². The maximum atomic E-state index is 2.56. The van der Waals surface area contributed by atoms with Gasteiger partial charge in [-0.3, -0.25) is 0 Å². The lowest BCUT2D eigenvalue weighted by Gasteiger charge is -2.36. The molecule has 61 heavy (non-hydrogen) atoms. The molecule has 0 aromatic heterocycles. The van der Waals surface area contributed by atoms with E-state index in [-0.39, 0.29) is 5.41 Å². The minimum absolute atomic E-state index is 0.106. The first-order valence-electron chi connectivity index (χ1n) is 23.2. The molecule has 2 aliphatic rings. The first-order chi connectivity index (χ1) is 29.9. The van der Waals surface area contributed by atoms with Crippen LogP contribution in [0.1, 0.15) is 101 Å². The summed E-state index contributed by atoms with van der Waals surface area (Å²) in [7, 11) is -1.86. The molecule has 0 amide bonds. The largest absolute Gasteiger partial charge is 0.311 e. The van der Waals surface area contributed by atoms with Crippen LogP contribution >= 0.6 is 0 Å². The fraction of sp³-hybridized carbons (Fsp3) is 0.276. The molecule has 9 rings (SSSR count). The Balaban J connectivity index is 1.13. The lowest BCUT2D eigenvalue weighted by molar-refractivity contribution is 0.431. The summed E-state index contributed by atoms with van der Waals surface area (Å²) in [4.78, 5) is 4.92. The van der Waals surface area contributed by atoms with Gasteiger partial charge in [0.2, 0.25) is 0 Å². The van der Waals surface area contributed by atoms with Gasteiger partial charge in [-0.05, 0) is 131 Å². The molecule has 0 spiro atoms. The molecule has 7 aromatic rings. The van der Waals surface area contributed by atoms with E-state index in [9.17, 15) is 0 Å². The highest BCUT2D eigenvalue weighted by Gasteiger charge is 2.39. The molecular formula is C58H62N2Si. The van der Waals surface area contributed by atoms with Gasteiger partial charge in [-0.1, -0.05) is 175 Å². The van der Waals surface area contributed by atoms with Crippen molar-refractivity contribution >= 4 is 52.6 Å². The summed E-state index contributed by atoms with van der Waals surface area (Å²) >= 11 is 0. The number of rotatable bonds is 14. The van der Waals surface area contributed by atoms with Crippen molar-refractivity contribution in [3.05, 3.63) is 193 Å². The molecule has 0 bridgehead atoms. The van der Waals surface area contributed by atoms with Crippen LogP contribution in [0.2, 0.25) is 13.1 Å². The van der Waals surface area contributed by atoms with Gasteiger partial charge in [-0.15, -0.1) is 0 Å². The van der Waals surface area contributed by atoms with Crippen LogP contribution in [-0.2, 0) is 5.41 Å². The second kappa shape index (κ2) is 17.8. The molecule has 1 aliphatic heterocycles. The van der Waals surface area contributed by atoms with Crippen LogP contribution in [0.3, 0.4) is 0 Å². The van der Waals surface area contributed by atoms with E-state index in [0.717, 1.165) is 24.2 Å². The fourth-order valence-corrected chi connectivity index (χ4v) is 13.9. The first kappa shape index (κ1) is 40.7. The highest BCUT2D eigenvalue weighted by atomic mass is 28.3. The zero-order valence-corrected chi connectivity index (χ0v) is 37.8. The van der Waals surface area contributed by atoms with Crippen LogP contribution in [-0.4, -0.2) is 8.07 Å². The van der Waals surface area contributed by atoms with E-state index < -0.39 is 8.07 Å². The van der Waals surface area contributed by atoms with Gasteiger partial charge in [-0.2, -0.15) is 0 Å². The van der Waals surface area contributed by atoms with Crippen molar-refractivity contribution in [1.82, 2.24) is 0 Å². The Morgan fingerprint density at radius 2 is 1.00 bits per heavy atom. The molecule has 308 valence electrons. The summed E-state index contributed by atoms with van der Waals surface area (Å²) in [5.41, 5.74) is 14.2. The van der Waals surface area contributed by atoms with E-state index in [1.54, 1.807) is 5.19 Å². The maximum absolute atomic E-state index is 2.56. The second-order valence-corrected chi connectivity index (χ2v) is 22.5. The van der Waals surface area contributed by atoms with Crippen molar-refractivity contribution in [2.45, 2.75) is 102 Å². The van der Waals surface area contributed by atoms with Crippen LogP contribution in [0.25, 0.3) is 11.1 Å². The number of unbranched alkanes of at least 4 members (excludes halogenated alkanes) is 2. The predicted octanol–water partition coefficient (Wildman–Crippen LogP) is 15.8. The van der Waals surface area contributed by atoms with Crippen molar-refractivity contribution in [3.8, 4) is 11.1 Å². The Morgan fingerprint density at radius 3 is 1.57 bits per heavy atom. The number of nitrogens with zero attached hydrogens (tertiary/aromatic N) is 2. The van der Waals surface area contributed by atoms with E-state index in [1.165, 1.54) is 107 Å². The molecule has 0 N–H and O–H groups in total. The number of anilines is 6. The summed E-state index contributed by atoms with van der Waals surface area (Å²) in [5, 5.41) is 3.08. The molecule has 1 aliphatic carbocycles. The van der Waals surface area contributed by atoms with Gasteiger partial charge in [0.05, 0.1) is 5.69 Å². The Labute approximate surface area is 367 Å². The van der Waals surface area contributed by atoms with E-state index in [2.05, 4.69) is 213 Å². The Morgan fingerprint density at radius 1 is 0.492 bits per heavy atom. The lowest BCUT2D eigenvalue weighted by atomic mass is 9.69. The summed E-state index contributed by atoms with van der Waals surface area (Å²) < 4.78 is 0. The molecule has 1 unspecified atom stereocenters. The summed E-state index contributed by atoms with van der Waals surface area (Å²) in [6.45, 7) is 9.76. The monoisotopic (exact) mass is 814 g/mol. The predicted molar refractivity (Wildman–Crippen MR) is 265 cm³/mol. The smallest absolute Gasteiger partial charge is 0.113 e. The third kappa shape index (κ3) is 7.78. The average Bonchev–Trinajstić information content (AvgIpc) is 3.56. The third-order valence-electron chi connectivity index (χ3n) is 14.2. The second-order valence-electron chi connectivity index (χ2n) is 18.1. The molecule has 2 nitrogen and oxygen atoms in total. The van der Waals surface area contributed by atoms with Gasteiger partial charge in [0.1, 0.15) is 8.07 Å². The van der Waals surface area contributed by atoms with Crippen molar-refractivity contribution in [2.24, 2.45) is 0 Å². The summed E-state index contributed by atoms with van der Waals surface area (Å²) in [6, 6.07) is 66.7. The van der Waals surface area contributed by atoms with E-state index in [0.29, 0.717) is 5.92 Å². The Hall–Kier alpha value is -5.64. The molecule has 0 radical (unpaired) electrons. The van der Waals surface area contributed by atoms with Crippen molar-refractivity contribution in [2.75, 3.05) is 9.80 Å². The Bertz CT molecular complexity index is 2480. The number of fused-ring (bicyclic) bond motifs is 3. The van der Waals surface area contributed by atoms with Crippen LogP contribution in [0.5, 0.6) is 0 Å². The number of hydrogen-bond donors (Lipinski definition) is 0. The first-order valence-corrected chi connectivity index (χ1v) is 26.2. The standard InChI is InChI=1S/C58H62N2Si/c1-5-7-19-43-58(6-2,46-33-39-50(40-34-46)59(48-23-13-9-14-24-48)49-25-15-10-16-26-49)47-35-41-52(42-36-47)60(51-37-31-45(32-38-51)44-21-11-8-12-22-44)54-28-20-30-56-57(54)53-27-17-18-29-55(53)61(56,3)4/h9-10,13-18,20,23-42,44H,5-8,11-12,19,21-22,43H2,1-4H3. The van der Waals surface area contributed by atoms with Crippen molar-refractivity contribution in [3.63, 3.8) is 0 Å². The number of para-hydroxylation sites is 2. The fourth-order valence-electron chi connectivity index (χ4n) is 10.9. The highest BCUT2D eigenvalue weighted by molar-refractivity contribution is 7.04. The molecule has 3 heteroatoms. The molecule has 1 saturated carbocycles. The minimum atomic E-state index is -1.86. The van der Waals surface area contributed by atoms with Gasteiger partial charge in [0.25, 0.3) is 0 Å². The lowest BCUT2D eigenvalue weighted by Crippen LogP contribution is -2.49. The number of hydrogen-bond acceptors (Lipinski definition) is 2. The number of benzene rings is 7. The average molecular weight is 815 g/mol. The zero-order valence-electron chi connectivity index (χ0n) is 36.8. The molecule has 7 aromatic carbocycles. The molecule has 0 saturated heterocycles.